The van der Waals surface area contributed by atoms with Crippen molar-refractivity contribution in [3.8, 4) is 5.69 Å². The molecule has 0 radical (unpaired) electrons. The Hall–Kier alpha value is -2.16. The van der Waals surface area contributed by atoms with Crippen LogP contribution in [0.1, 0.15) is 30.5 Å². The summed E-state index contributed by atoms with van der Waals surface area (Å²) >= 11 is 3.13. The molecule has 2 aromatic heterocycles. The number of rotatable bonds is 8. The number of nitrogens with zero attached hydrogens (tertiary/aromatic N) is 3. The second kappa shape index (κ2) is 9.56. The summed E-state index contributed by atoms with van der Waals surface area (Å²) < 4.78 is 7.63. The molecule has 1 N–H and O–H groups in total. The molecule has 3 heterocycles. The van der Waals surface area contributed by atoms with Gasteiger partial charge in [0.1, 0.15) is 5.82 Å². The molecular formula is C21H24N4O2S2. The van der Waals surface area contributed by atoms with E-state index >= 15 is 0 Å². The zero-order valence-corrected chi connectivity index (χ0v) is 17.9. The van der Waals surface area contributed by atoms with Crippen molar-refractivity contribution in [2.24, 2.45) is 0 Å². The van der Waals surface area contributed by atoms with Gasteiger partial charge >= 0.3 is 0 Å². The van der Waals surface area contributed by atoms with E-state index in [-0.39, 0.29) is 17.3 Å². The van der Waals surface area contributed by atoms with E-state index in [4.69, 9.17) is 4.74 Å². The maximum Gasteiger partial charge on any atom is 0.233 e. The fourth-order valence-electron chi connectivity index (χ4n) is 3.27. The molecule has 1 aliphatic rings. The van der Waals surface area contributed by atoms with E-state index in [1.807, 2.05) is 47.9 Å². The van der Waals surface area contributed by atoms with E-state index in [1.165, 1.54) is 16.6 Å². The molecule has 3 aromatic rings. The number of amides is 1. The van der Waals surface area contributed by atoms with Gasteiger partial charge in [0, 0.05) is 30.1 Å². The second-order valence-electron chi connectivity index (χ2n) is 6.97. The Kier molecular flexibility index (Phi) is 6.63. The predicted molar refractivity (Wildman–Crippen MR) is 116 cm³/mol. The van der Waals surface area contributed by atoms with Gasteiger partial charge in [0.25, 0.3) is 0 Å². The molecule has 1 aromatic carbocycles. The molecule has 152 valence electrons. The van der Waals surface area contributed by atoms with Gasteiger partial charge in [0.2, 0.25) is 5.91 Å². The third-order valence-electron chi connectivity index (χ3n) is 4.81. The number of hydrogen-bond donors (Lipinski definition) is 1. The van der Waals surface area contributed by atoms with Gasteiger partial charge in [-0.05, 0) is 43.3 Å². The van der Waals surface area contributed by atoms with E-state index in [9.17, 15) is 4.79 Å². The SMILES string of the molecule is C[C@@H](Sc1nnc(Cc2cccs2)n1-c1ccccc1)C(=O)NC[C@H]1CCCO1. The minimum Gasteiger partial charge on any atom is -0.376 e. The van der Waals surface area contributed by atoms with Crippen LogP contribution in [0, 0.1) is 0 Å². The van der Waals surface area contributed by atoms with Crippen LogP contribution < -0.4 is 5.32 Å². The Morgan fingerprint density at radius 1 is 1.31 bits per heavy atom. The molecule has 1 amide bonds. The first-order chi connectivity index (χ1) is 14.2. The Balaban J connectivity index is 1.50. The van der Waals surface area contributed by atoms with Crippen LogP contribution in [0.3, 0.4) is 0 Å². The number of para-hydroxylation sites is 1. The Bertz CT molecular complexity index is 922. The normalized spacial score (nSPS) is 17.3. The van der Waals surface area contributed by atoms with Crippen molar-refractivity contribution in [3.05, 3.63) is 58.5 Å². The molecule has 0 bridgehead atoms. The van der Waals surface area contributed by atoms with Gasteiger partial charge < -0.3 is 10.1 Å². The standard InChI is InChI=1S/C21H24N4O2S2/c1-15(20(26)22-14-17-9-5-11-27-17)29-21-24-23-19(13-18-10-6-12-28-18)25(21)16-7-3-2-4-8-16/h2-4,6-8,10,12,15,17H,5,9,11,13-14H2,1H3,(H,22,26)/t15-,17-/m1/s1. The number of carbonyl (C=O) groups is 1. The maximum atomic E-state index is 12.6. The Morgan fingerprint density at radius 2 is 2.17 bits per heavy atom. The number of thioether (sulfide) groups is 1. The summed E-state index contributed by atoms with van der Waals surface area (Å²) in [7, 11) is 0. The minimum atomic E-state index is -0.280. The van der Waals surface area contributed by atoms with E-state index in [0.29, 0.717) is 13.0 Å². The molecule has 0 saturated carbocycles. The average Bonchev–Trinajstić information content (AvgIpc) is 3.50. The molecular weight excluding hydrogens is 404 g/mol. The molecule has 6 nitrogen and oxygen atoms in total. The fraction of sp³-hybridized carbons (Fsp3) is 0.381. The van der Waals surface area contributed by atoms with Gasteiger partial charge in [-0.3, -0.25) is 9.36 Å². The van der Waals surface area contributed by atoms with Crippen molar-refractivity contribution in [1.29, 1.82) is 0 Å². The zero-order chi connectivity index (χ0) is 20.1. The zero-order valence-electron chi connectivity index (χ0n) is 16.3. The third-order valence-corrected chi connectivity index (χ3v) is 6.73. The summed E-state index contributed by atoms with van der Waals surface area (Å²) in [6.07, 6.45) is 2.93. The van der Waals surface area contributed by atoms with Crippen LogP contribution in [0.2, 0.25) is 0 Å². The Labute approximate surface area is 178 Å². The lowest BCUT2D eigenvalue weighted by atomic mass is 10.2. The highest BCUT2D eigenvalue weighted by atomic mass is 32.2. The van der Waals surface area contributed by atoms with Crippen LogP contribution in [-0.4, -0.2) is 45.2 Å². The summed E-state index contributed by atoms with van der Waals surface area (Å²) in [5, 5.41) is 14.4. The Morgan fingerprint density at radius 3 is 2.90 bits per heavy atom. The first-order valence-electron chi connectivity index (χ1n) is 9.79. The molecule has 2 atom stereocenters. The predicted octanol–water partition coefficient (Wildman–Crippen LogP) is 3.70. The molecule has 1 fully saturated rings. The van der Waals surface area contributed by atoms with Crippen molar-refractivity contribution in [3.63, 3.8) is 0 Å². The number of nitrogens with one attached hydrogen (secondary N) is 1. The summed E-state index contributed by atoms with van der Waals surface area (Å²) in [6, 6.07) is 14.2. The first-order valence-corrected chi connectivity index (χ1v) is 11.5. The van der Waals surface area contributed by atoms with Crippen LogP contribution in [0.5, 0.6) is 0 Å². The summed E-state index contributed by atoms with van der Waals surface area (Å²) in [5.74, 6) is 0.862. The molecule has 0 spiro atoms. The van der Waals surface area contributed by atoms with E-state index in [1.54, 1.807) is 11.3 Å². The van der Waals surface area contributed by atoms with E-state index in [0.717, 1.165) is 36.1 Å². The highest BCUT2D eigenvalue weighted by Gasteiger charge is 2.23. The van der Waals surface area contributed by atoms with Gasteiger partial charge in [0.05, 0.1) is 11.4 Å². The van der Waals surface area contributed by atoms with Crippen molar-refractivity contribution >= 4 is 29.0 Å². The molecule has 0 unspecified atom stereocenters. The van der Waals surface area contributed by atoms with Crippen LogP contribution in [0.15, 0.2) is 53.0 Å². The highest BCUT2D eigenvalue weighted by Crippen LogP contribution is 2.27. The molecule has 29 heavy (non-hydrogen) atoms. The van der Waals surface area contributed by atoms with Crippen LogP contribution in [-0.2, 0) is 16.0 Å². The topological polar surface area (TPSA) is 69.0 Å². The lowest BCUT2D eigenvalue weighted by molar-refractivity contribution is -0.120. The largest absolute Gasteiger partial charge is 0.376 e. The molecule has 4 rings (SSSR count). The number of hydrogen-bond acceptors (Lipinski definition) is 6. The fourth-order valence-corrected chi connectivity index (χ4v) is 4.88. The number of ether oxygens (including phenoxy) is 1. The number of carbonyl (C=O) groups excluding carboxylic acids is 1. The van der Waals surface area contributed by atoms with Crippen LogP contribution in [0.4, 0.5) is 0 Å². The van der Waals surface area contributed by atoms with Gasteiger partial charge in [0.15, 0.2) is 5.16 Å². The number of thiophene rings is 1. The van der Waals surface area contributed by atoms with Gasteiger partial charge in [-0.15, -0.1) is 21.5 Å². The van der Waals surface area contributed by atoms with Crippen molar-refractivity contribution in [1.82, 2.24) is 20.1 Å². The number of benzene rings is 1. The lowest BCUT2D eigenvalue weighted by Crippen LogP contribution is -2.36. The monoisotopic (exact) mass is 428 g/mol. The first kappa shape index (κ1) is 20.1. The average molecular weight is 429 g/mol. The maximum absolute atomic E-state index is 12.6. The van der Waals surface area contributed by atoms with Gasteiger partial charge in [-0.1, -0.05) is 36.0 Å². The molecule has 1 saturated heterocycles. The molecule has 0 aliphatic carbocycles. The molecule has 1 aliphatic heterocycles. The van der Waals surface area contributed by atoms with Crippen LogP contribution >= 0.6 is 23.1 Å². The highest BCUT2D eigenvalue weighted by molar-refractivity contribution is 8.00. The van der Waals surface area contributed by atoms with Crippen LogP contribution in [0.25, 0.3) is 5.69 Å². The third kappa shape index (κ3) is 5.07. The summed E-state index contributed by atoms with van der Waals surface area (Å²) in [5.41, 5.74) is 0.999. The van der Waals surface area contributed by atoms with E-state index < -0.39 is 0 Å². The van der Waals surface area contributed by atoms with Crippen molar-refractivity contribution in [2.45, 2.75) is 42.7 Å². The van der Waals surface area contributed by atoms with E-state index in [2.05, 4.69) is 27.0 Å². The summed E-state index contributed by atoms with van der Waals surface area (Å²) in [4.78, 5) is 13.8. The minimum absolute atomic E-state index is 0.00656. The quantitative estimate of drug-likeness (QED) is 0.554. The second-order valence-corrected chi connectivity index (χ2v) is 9.31. The number of aromatic nitrogens is 3. The smallest absolute Gasteiger partial charge is 0.233 e. The van der Waals surface area contributed by atoms with Crippen molar-refractivity contribution < 1.29 is 9.53 Å². The van der Waals surface area contributed by atoms with Gasteiger partial charge in [-0.25, -0.2) is 0 Å². The summed E-state index contributed by atoms with van der Waals surface area (Å²) in [6.45, 7) is 3.26. The van der Waals surface area contributed by atoms with Gasteiger partial charge in [-0.2, -0.15) is 0 Å². The molecule has 8 heteroatoms. The lowest BCUT2D eigenvalue weighted by Gasteiger charge is -2.15. The van der Waals surface area contributed by atoms with Crippen molar-refractivity contribution in [2.75, 3.05) is 13.2 Å².